The van der Waals surface area contributed by atoms with Crippen LogP contribution in [0.3, 0.4) is 0 Å². The average molecular weight is 266 g/mol. The number of hydrogen-bond donors (Lipinski definition) is 1. The lowest BCUT2D eigenvalue weighted by Crippen LogP contribution is -2.40. The van der Waals surface area contributed by atoms with Crippen LogP contribution in [0.5, 0.6) is 5.75 Å². The van der Waals surface area contributed by atoms with E-state index >= 15 is 0 Å². The molecule has 1 aromatic rings. The molecule has 2 nitrogen and oxygen atoms in total. The average Bonchev–Trinajstić information content (AvgIpc) is 2.73. The van der Waals surface area contributed by atoms with E-state index in [-0.39, 0.29) is 11.6 Å². The number of halogens is 1. The number of ether oxygens (including phenoxy) is 1. The van der Waals surface area contributed by atoms with E-state index in [4.69, 9.17) is 22.1 Å². The van der Waals surface area contributed by atoms with Crippen LogP contribution in [0, 0.1) is 5.92 Å². The van der Waals surface area contributed by atoms with E-state index in [1.54, 1.807) is 0 Å². The van der Waals surface area contributed by atoms with Crippen molar-refractivity contribution in [1.29, 1.82) is 0 Å². The van der Waals surface area contributed by atoms with Crippen LogP contribution in [0.15, 0.2) is 18.2 Å². The molecule has 0 amide bonds. The number of nitrogens with two attached hydrogens (primary N) is 1. The van der Waals surface area contributed by atoms with Crippen LogP contribution in [0.4, 0.5) is 0 Å². The van der Waals surface area contributed by atoms with Crippen LogP contribution in [0.25, 0.3) is 0 Å². The smallest absolute Gasteiger partial charge is 0.125 e. The largest absolute Gasteiger partial charge is 0.487 e. The molecule has 1 aromatic carbocycles. The number of rotatable bonds is 1. The topological polar surface area (TPSA) is 35.2 Å². The lowest BCUT2D eigenvalue weighted by Gasteiger charge is -2.39. The van der Waals surface area contributed by atoms with Crippen molar-refractivity contribution in [2.24, 2.45) is 11.7 Å². The molecule has 3 rings (SSSR count). The first-order chi connectivity index (χ1) is 8.62. The molecule has 3 atom stereocenters. The second kappa shape index (κ2) is 4.43. The van der Waals surface area contributed by atoms with Gasteiger partial charge in [-0.1, -0.05) is 24.9 Å². The molecule has 0 bridgehead atoms. The molecule has 0 saturated heterocycles. The number of benzene rings is 1. The number of fused-ring (bicyclic) bond motifs is 1. The van der Waals surface area contributed by atoms with Crippen LogP contribution < -0.4 is 10.5 Å². The first kappa shape index (κ1) is 12.3. The SMILES string of the molecule is CCC1CCC2(C1)C[C@H](N)c1cc(Cl)ccc1O2. The zero-order valence-corrected chi connectivity index (χ0v) is 11.5. The first-order valence-corrected chi connectivity index (χ1v) is 7.24. The predicted octanol–water partition coefficient (Wildman–Crippen LogP) is 4.07. The molecule has 1 heterocycles. The molecular weight excluding hydrogens is 246 g/mol. The third kappa shape index (κ3) is 2.02. The Bertz CT molecular complexity index is 462. The molecule has 0 radical (unpaired) electrons. The van der Waals surface area contributed by atoms with E-state index in [9.17, 15) is 0 Å². The van der Waals surface area contributed by atoms with Gasteiger partial charge in [-0.3, -0.25) is 0 Å². The molecule has 0 aromatic heterocycles. The highest BCUT2D eigenvalue weighted by Crippen LogP contribution is 2.49. The molecule has 1 spiro atoms. The second-order valence-electron chi connectivity index (χ2n) is 5.79. The van der Waals surface area contributed by atoms with E-state index in [2.05, 4.69) is 6.92 Å². The van der Waals surface area contributed by atoms with Gasteiger partial charge in [0, 0.05) is 23.0 Å². The van der Waals surface area contributed by atoms with Gasteiger partial charge in [0.05, 0.1) is 0 Å². The molecule has 2 aliphatic rings. The van der Waals surface area contributed by atoms with Crippen LogP contribution in [0.1, 0.15) is 50.6 Å². The predicted molar refractivity (Wildman–Crippen MR) is 74.0 cm³/mol. The number of hydrogen-bond acceptors (Lipinski definition) is 2. The maximum absolute atomic E-state index is 6.32. The van der Waals surface area contributed by atoms with Gasteiger partial charge >= 0.3 is 0 Å². The van der Waals surface area contributed by atoms with Gasteiger partial charge in [0.15, 0.2) is 0 Å². The van der Waals surface area contributed by atoms with Crippen LogP contribution >= 0.6 is 11.6 Å². The summed E-state index contributed by atoms with van der Waals surface area (Å²) in [5.74, 6) is 1.74. The van der Waals surface area contributed by atoms with Crippen LogP contribution in [-0.2, 0) is 0 Å². The molecule has 18 heavy (non-hydrogen) atoms. The van der Waals surface area contributed by atoms with E-state index in [0.29, 0.717) is 0 Å². The van der Waals surface area contributed by atoms with Crippen molar-refractivity contribution in [2.75, 3.05) is 0 Å². The van der Waals surface area contributed by atoms with E-state index in [1.165, 1.54) is 12.8 Å². The van der Waals surface area contributed by atoms with Gasteiger partial charge in [-0.15, -0.1) is 0 Å². The highest BCUT2D eigenvalue weighted by atomic mass is 35.5. The van der Waals surface area contributed by atoms with Crippen molar-refractivity contribution in [2.45, 2.75) is 50.7 Å². The van der Waals surface area contributed by atoms with Gasteiger partial charge in [0.1, 0.15) is 11.4 Å². The highest BCUT2D eigenvalue weighted by molar-refractivity contribution is 6.30. The maximum Gasteiger partial charge on any atom is 0.125 e. The lowest BCUT2D eigenvalue weighted by atomic mass is 9.85. The summed E-state index contributed by atoms with van der Waals surface area (Å²) in [6.07, 6.45) is 5.73. The summed E-state index contributed by atoms with van der Waals surface area (Å²) < 4.78 is 6.30. The van der Waals surface area contributed by atoms with Crippen LogP contribution in [-0.4, -0.2) is 5.60 Å². The Kier molecular flexibility index (Phi) is 3.03. The van der Waals surface area contributed by atoms with Crippen molar-refractivity contribution in [1.82, 2.24) is 0 Å². The van der Waals surface area contributed by atoms with Gasteiger partial charge in [0.2, 0.25) is 0 Å². The summed E-state index contributed by atoms with van der Waals surface area (Å²) in [4.78, 5) is 0. The van der Waals surface area contributed by atoms with Gasteiger partial charge < -0.3 is 10.5 Å². The summed E-state index contributed by atoms with van der Waals surface area (Å²) in [6, 6.07) is 5.86. The van der Waals surface area contributed by atoms with Crippen LogP contribution in [0.2, 0.25) is 5.02 Å². The minimum Gasteiger partial charge on any atom is -0.487 e. The Hall–Kier alpha value is -0.730. The summed E-state index contributed by atoms with van der Waals surface area (Å²) in [7, 11) is 0. The fourth-order valence-corrected chi connectivity index (χ4v) is 3.69. The van der Waals surface area contributed by atoms with Gasteiger partial charge in [-0.05, 0) is 43.4 Å². The molecule has 98 valence electrons. The quantitative estimate of drug-likeness (QED) is 0.831. The normalized spacial score (nSPS) is 34.4. The zero-order chi connectivity index (χ0) is 12.8. The molecule has 1 saturated carbocycles. The molecular formula is C15H20ClNO. The van der Waals surface area contributed by atoms with E-state index in [0.717, 1.165) is 41.5 Å². The maximum atomic E-state index is 6.32. The van der Waals surface area contributed by atoms with Crippen molar-refractivity contribution in [3.05, 3.63) is 28.8 Å². The lowest BCUT2D eigenvalue weighted by molar-refractivity contribution is 0.0385. The second-order valence-corrected chi connectivity index (χ2v) is 6.23. The summed E-state index contributed by atoms with van der Waals surface area (Å²) in [6.45, 7) is 2.26. The minimum absolute atomic E-state index is 0.0130. The molecule has 3 heteroatoms. The van der Waals surface area contributed by atoms with Crippen molar-refractivity contribution in [3.8, 4) is 5.75 Å². The summed E-state index contributed by atoms with van der Waals surface area (Å²) in [5.41, 5.74) is 7.37. The Labute approximate surface area is 113 Å². The Balaban J connectivity index is 1.90. The fraction of sp³-hybridized carbons (Fsp3) is 0.600. The molecule has 1 fully saturated rings. The molecule has 2 unspecified atom stereocenters. The molecule has 1 aliphatic heterocycles. The van der Waals surface area contributed by atoms with Crippen molar-refractivity contribution >= 4 is 11.6 Å². The Morgan fingerprint density at radius 2 is 2.28 bits per heavy atom. The van der Waals surface area contributed by atoms with Crippen molar-refractivity contribution in [3.63, 3.8) is 0 Å². The third-order valence-corrected chi connectivity index (χ3v) is 4.77. The standard InChI is InChI=1S/C15H20ClNO/c1-2-10-5-6-15(8-10)9-13(17)12-7-11(16)3-4-14(12)18-15/h3-4,7,10,13H,2,5-6,8-9,17H2,1H3/t10?,13-,15?/m0/s1. The molecule has 1 aliphatic carbocycles. The third-order valence-electron chi connectivity index (χ3n) is 4.54. The summed E-state index contributed by atoms with van der Waals surface area (Å²) >= 11 is 6.03. The Morgan fingerprint density at radius 3 is 3.00 bits per heavy atom. The highest BCUT2D eigenvalue weighted by Gasteiger charge is 2.45. The molecule has 2 N–H and O–H groups in total. The summed E-state index contributed by atoms with van der Waals surface area (Å²) in [5, 5.41) is 0.738. The van der Waals surface area contributed by atoms with E-state index < -0.39 is 0 Å². The minimum atomic E-state index is -0.0130. The van der Waals surface area contributed by atoms with E-state index in [1.807, 2.05) is 18.2 Å². The first-order valence-electron chi connectivity index (χ1n) is 6.86. The van der Waals surface area contributed by atoms with Crippen molar-refractivity contribution < 1.29 is 4.74 Å². The van der Waals surface area contributed by atoms with Gasteiger partial charge in [-0.2, -0.15) is 0 Å². The fourth-order valence-electron chi connectivity index (χ4n) is 3.51. The van der Waals surface area contributed by atoms with Gasteiger partial charge in [0.25, 0.3) is 0 Å². The zero-order valence-electron chi connectivity index (χ0n) is 10.8. The monoisotopic (exact) mass is 265 g/mol. The van der Waals surface area contributed by atoms with Gasteiger partial charge in [-0.25, -0.2) is 0 Å². The Morgan fingerprint density at radius 1 is 1.44 bits per heavy atom.